The number of amidine groups is 1. The molecule has 1 aliphatic rings. The lowest BCUT2D eigenvalue weighted by Crippen LogP contribution is -2.45. The SMILES string of the molecule is CC1=NC(OC(=O)O)C(O)CN1. The molecule has 6 heteroatoms. The quantitative estimate of drug-likeness (QED) is 0.461. The molecular formula is C6H10N2O4. The maximum atomic E-state index is 10.1. The smallest absolute Gasteiger partial charge is 0.450 e. The number of carboxylic acid groups (broad SMARTS) is 1. The average molecular weight is 174 g/mol. The Kier molecular flexibility index (Phi) is 2.49. The van der Waals surface area contributed by atoms with Gasteiger partial charge in [-0.2, -0.15) is 0 Å². The van der Waals surface area contributed by atoms with E-state index in [9.17, 15) is 9.90 Å². The van der Waals surface area contributed by atoms with E-state index >= 15 is 0 Å². The molecule has 2 atom stereocenters. The second kappa shape index (κ2) is 3.40. The molecule has 1 aliphatic heterocycles. The standard InChI is InChI=1S/C6H10N2O4/c1-3-7-2-4(9)5(8-3)12-6(10)11/h4-5,9H,2H2,1H3,(H,7,8)(H,10,11). The highest BCUT2D eigenvalue weighted by Crippen LogP contribution is 2.05. The van der Waals surface area contributed by atoms with Crippen molar-refractivity contribution in [3.8, 4) is 0 Å². The average Bonchev–Trinajstić information content (AvgIpc) is 1.96. The van der Waals surface area contributed by atoms with E-state index in [0.29, 0.717) is 5.84 Å². The summed E-state index contributed by atoms with van der Waals surface area (Å²) in [6.07, 6.45) is -3.34. The molecule has 0 aromatic carbocycles. The van der Waals surface area contributed by atoms with Crippen LogP contribution in [-0.4, -0.2) is 41.1 Å². The Hall–Kier alpha value is -1.30. The number of nitrogens with one attached hydrogen (secondary N) is 1. The first kappa shape index (κ1) is 8.79. The highest BCUT2D eigenvalue weighted by atomic mass is 16.7. The number of ether oxygens (including phenoxy) is 1. The van der Waals surface area contributed by atoms with E-state index in [-0.39, 0.29) is 6.54 Å². The molecular weight excluding hydrogens is 164 g/mol. The lowest BCUT2D eigenvalue weighted by molar-refractivity contribution is -0.0157. The largest absolute Gasteiger partial charge is 0.507 e. The van der Waals surface area contributed by atoms with Gasteiger partial charge in [0.2, 0.25) is 6.23 Å². The molecule has 0 aromatic rings. The summed E-state index contributed by atoms with van der Waals surface area (Å²) < 4.78 is 4.31. The molecule has 12 heavy (non-hydrogen) atoms. The van der Waals surface area contributed by atoms with E-state index in [1.807, 2.05) is 0 Å². The third-order valence-electron chi connectivity index (χ3n) is 1.44. The molecule has 1 rings (SSSR count). The molecule has 1 heterocycles. The Balaban J connectivity index is 2.60. The van der Waals surface area contributed by atoms with Crippen molar-refractivity contribution in [2.24, 2.45) is 4.99 Å². The summed E-state index contributed by atoms with van der Waals surface area (Å²) >= 11 is 0. The Morgan fingerprint density at radius 1 is 1.83 bits per heavy atom. The van der Waals surface area contributed by atoms with Gasteiger partial charge in [-0.15, -0.1) is 0 Å². The van der Waals surface area contributed by atoms with Crippen molar-refractivity contribution in [1.82, 2.24) is 5.32 Å². The Bertz CT molecular complexity index is 216. The number of β-amino-alcohol motifs (C(OH)–C–C–N with tert-alkyl or cyclic N) is 1. The van der Waals surface area contributed by atoms with Gasteiger partial charge < -0.3 is 20.3 Å². The summed E-state index contributed by atoms with van der Waals surface area (Å²) in [5, 5.41) is 20.2. The molecule has 0 saturated heterocycles. The number of aliphatic imine (C=N–C) groups is 1. The highest BCUT2D eigenvalue weighted by Gasteiger charge is 2.25. The zero-order chi connectivity index (χ0) is 9.14. The predicted octanol–water partition coefficient (Wildman–Crippen LogP) is -0.610. The van der Waals surface area contributed by atoms with Crippen molar-refractivity contribution in [2.45, 2.75) is 19.3 Å². The molecule has 0 amide bonds. The summed E-state index contributed by atoms with van der Waals surface area (Å²) in [5.74, 6) is 0.562. The molecule has 0 aromatic heterocycles. The van der Waals surface area contributed by atoms with Crippen LogP contribution >= 0.6 is 0 Å². The van der Waals surface area contributed by atoms with Gasteiger partial charge in [0.05, 0.1) is 5.84 Å². The predicted molar refractivity (Wildman–Crippen MR) is 40.0 cm³/mol. The highest BCUT2D eigenvalue weighted by molar-refractivity contribution is 5.80. The molecule has 0 fully saturated rings. The molecule has 0 aliphatic carbocycles. The van der Waals surface area contributed by atoms with Crippen molar-refractivity contribution in [1.29, 1.82) is 0 Å². The topological polar surface area (TPSA) is 91.2 Å². The number of hydrogen-bond donors (Lipinski definition) is 3. The van der Waals surface area contributed by atoms with Crippen LogP contribution in [0.4, 0.5) is 4.79 Å². The number of aliphatic hydroxyl groups is 1. The molecule has 0 radical (unpaired) electrons. The molecule has 0 saturated carbocycles. The van der Waals surface area contributed by atoms with E-state index in [4.69, 9.17) is 5.11 Å². The summed E-state index contributed by atoms with van der Waals surface area (Å²) in [6.45, 7) is 1.93. The minimum atomic E-state index is -1.43. The molecule has 0 spiro atoms. The van der Waals surface area contributed by atoms with E-state index in [0.717, 1.165) is 0 Å². The summed E-state index contributed by atoms with van der Waals surface area (Å²) in [7, 11) is 0. The van der Waals surface area contributed by atoms with Gasteiger partial charge in [0, 0.05) is 6.54 Å². The van der Waals surface area contributed by atoms with Gasteiger partial charge in [-0.3, -0.25) is 0 Å². The normalized spacial score (nSPS) is 28.7. The van der Waals surface area contributed by atoms with Crippen molar-refractivity contribution >= 4 is 12.0 Å². The Morgan fingerprint density at radius 2 is 2.50 bits per heavy atom. The van der Waals surface area contributed by atoms with Crippen LogP contribution in [0.3, 0.4) is 0 Å². The van der Waals surface area contributed by atoms with Gasteiger partial charge in [-0.1, -0.05) is 0 Å². The minimum absolute atomic E-state index is 0.257. The minimum Gasteiger partial charge on any atom is -0.450 e. The number of hydrogen-bond acceptors (Lipinski definition) is 5. The zero-order valence-corrected chi connectivity index (χ0v) is 6.52. The van der Waals surface area contributed by atoms with Crippen molar-refractivity contribution in [2.75, 3.05) is 6.54 Å². The summed E-state index contributed by atoms with van der Waals surface area (Å²) in [6, 6.07) is 0. The second-order valence-corrected chi connectivity index (χ2v) is 2.44. The Labute approximate surface area is 68.9 Å². The van der Waals surface area contributed by atoms with Gasteiger partial charge in [0.15, 0.2) is 0 Å². The van der Waals surface area contributed by atoms with Gasteiger partial charge in [0.1, 0.15) is 6.10 Å². The maximum absolute atomic E-state index is 10.1. The van der Waals surface area contributed by atoms with E-state index in [2.05, 4.69) is 15.0 Å². The van der Waals surface area contributed by atoms with Gasteiger partial charge in [-0.25, -0.2) is 9.79 Å². The summed E-state index contributed by atoms with van der Waals surface area (Å²) in [5.41, 5.74) is 0. The molecule has 3 N–H and O–H groups in total. The van der Waals surface area contributed by atoms with Crippen LogP contribution in [0.25, 0.3) is 0 Å². The number of nitrogens with zero attached hydrogens (tertiary/aromatic N) is 1. The van der Waals surface area contributed by atoms with Crippen LogP contribution in [0, 0.1) is 0 Å². The van der Waals surface area contributed by atoms with Crippen molar-refractivity contribution in [3.05, 3.63) is 0 Å². The Morgan fingerprint density at radius 3 is 3.08 bits per heavy atom. The third kappa shape index (κ3) is 2.09. The fourth-order valence-corrected chi connectivity index (χ4v) is 0.884. The first-order valence-electron chi connectivity index (χ1n) is 3.45. The van der Waals surface area contributed by atoms with Gasteiger partial charge >= 0.3 is 6.16 Å². The molecule has 68 valence electrons. The monoisotopic (exact) mass is 174 g/mol. The number of aliphatic hydroxyl groups excluding tert-OH is 1. The van der Waals surface area contributed by atoms with Crippen molar-refractivity contribution < 1.29 is 19.7 Å². The first-order valence-corrected chi connectivity index (χ1v) is 3.45. The molecule has 6 nitrogen and oxygen atoms in total. The fourth-order valence-electron chi connectivity index (χ4n) is 0.884. The van der Waals surface area contributed by atoms with Crippen LogP contribution in [-0.2, 0) is 4.74 Å². The first-order chi connectivity index (χ1) is 5.59. The summed E-state index contributed by atoms with van der Waals surface area (Å²) in [4.78, 5) is 13.9. The van der Waals surface area contributed by atoms with E-state index in [1.54, 1.807) is 6.92 Å². The van der Waals surface area contributed by atoms with Crippen LogP contribution in [0.2, 0.25) is 0 Å². The van der Waals surface area contributed by atoms with Crippen molar-refractivity contribution in [3.63, 3.8) is 0 Å². The fraction of sp³-hybridized carbons (Fsp3) is 0.667. The van der Waals surface area contributed by atoms with Gasteiger partial charge in [0.25, 0.3) is 0 Å². The number of rotatable bonds is 1. The van der Waals surface area contributed by atoms with Crippen LogP contribution in [0.1, 0.15) is 6.92 Å². The lowest BCUT2D eigenvalue weighted by Gasteiger charge is -2.24. The van der Waals surface area contributed by atoms with E-state index < -0.39 is 18.5 Å². The van der Waals surface area contributed by atoms with E-state index in [1.165, 1.54) is 0 Å². The maximum Gasteiger partial charge on any atom is 0.507 e. The van der Waals surface area contributed by atoms with Crippen LogP contribution in [0.15, 0.2) is 4.99 Å². The zero-order valence-electron chi connectivity index (χ0n) is 6.52. The lowest BCUT2D eigenvalue weighted by atomic mass is 10.3. The molecule has 0 bridgehead atoms. The van der Waals surface area contributed by atoms with Gasteiger partial charge in [-0.05, 0) is 6.92 Å². The number of carbonyl (C=O) groups is 1. The van der Waals surface area contributed by atoms with Crippen LogP contribution < -0.4 is 5.32 Å². The molecule has 2 unspecified atom stereocenters. The third-order valence-corrected chi connectivity index (χ3v) is 1.44. The van der Waals surface area contributed by atoms with Crippen LogP contribution in [0.5, 0.6) is 0 Å². The second-order valence-electron chi connectivity index (χ2n) is 2.44.